The second-order valence-electron chi connectivity index (χ2n) is 4.01. The zero-order chi connectivity index (χ0) is 10.9. The van der Waals surface area contributed by atoms with Gasteiger partial charge in [-0.1, -0.05) is 6.92 Å². The highest BCUT2D eigenvalue weighted by molar-refractivity contribution is 7.99. The minimum Gasteiger partial charge on any atom is -0.475 e. The molecule has 0 atom stereocenters. The van der Waals surface area contributed by atoms with Crippen molar-refractivity contribution >= 4 is 17.7 Å². The molecule has 5 heteroatoms. The molecule has 0 unspecified atom stereocenters. The fraction of sp³-hybridized carbons (Fsp3) is 0.600. The maximum absolute atomic E-state index is 10.7. The van der Waals surface area contributed by atoms with Crippen molar-refractivity contribution in [1.29, 1.82) is 0 Å². The number of carboxylic acid groups (broad SMARTS) is 1. The van der Waals surface area contributed by atoms with Crippen LogP contribution in [0.3, 0.4) is 0 Å². The van der Waals surface area contributed by atoms with Gasteiger partial charge in [0.25, 0.3) is 0 Å². The Morgan fingerprint density at radius 3 is 2.80 bits per heavy atom. The zero-order valence-corrected chi connectivity index (χ0v) is 9.34. The summed E-state index contributed by atoms with van der Waals surface area (Å²) in [6.45, 7) is 2.09. The molecule has 0 bridgehead atoms. The molecular weight excluding hydrogens is 214 g/mol. The van der Waals surface area contributed by atoms with Gasteiger partial charge in [-0.2, -0.15) is 11.8 Å². The molecule has 2 rings (SSSR count). The lowest BCUT2D eigenvalue weighted by molar-refractivity contribution is 0.0657. The number of aromatic carboxylic acids is 1. The van der Waals surface area contributed by atoms with Crippen LogP contribution >= 0.6 is 11.8 Å². The van der Waals surface area contributed by atoms with Crippen LogP contribution in [-0.2, 0) is 5.41 Å². The number of oxazole rings is 1. The van der Waals surface area contributed by atoms with Crippen molar-refractivity contribution in [3.63, 3.8) is 0 Å². The molecular formula is C10H13NO3S. The highest BCUT2D eigenvalue weighted by atomic mass is 32.2. The second kappa shape index (κ2) is 3.89. The van der Waals surface area contributed by atoms with Gasteiger partial charge in [0.15, 0.2) is 0 Å². The van der Waals surface area contributed by atoms with E-state index < -0.39 is 5.97 Å². The summed E-state index contributed by atoms with van der Waals surface area (Å²) in [4.78, 5) is 14.7. The van der Waals surface area contributed by atoms with Crippen molar-refractivity contribution in [3.05, 3.63) is 17.8 Å². The van der Waals surface area contributed by atoms with Gasteiger partial charge < -0.3 is 9.52 Å². The maximum atomic E-state index is 10.7. The molecule has 1 aromatic heterocycles. The summed E-state index contributed by atoms with van der Waals surface area (Å²) >= 11 is 1.92. The molecule has 82 valence electrons. The Morgan fingerprint density at radius 1 is 1.60 bits per heavy atom. The number of nitrogens with zero attached hydrogens (tertiary/aromatic N) is 1. The normalized spacial score (nSPS) is 20.1. The SMILES string of the molecule is CC1(c2ncc(C(=O)O)o2)CCSCC1. The molecule has 1 aliphatic heterocycles. The Balaban J connectivity index is 2.23. The van der Waals surface area contributed by atoms with E-state index in [0.29, 0.717) is 5.89 Å². The van der Waals surface area contributed by atoms with E-state index in [2.05, 4.69) is 11.9 Å². The average molecular weight is 227 g/mol. The first-order valence-corrected chi connectivity index (χ1v) is 6.05. The first-order valence-electron chi connectivity index (χ1n) is 4.89. The molecule has 2 heterocycles. The van der Waals surface area contributed by atoms with E-state index in [9.17, 15) is 4.79 Å². The third-order valence-electron chi connectivity index (χ3n) is 2.83. The van der Waals surface area contributed by atoms with Crippen LogP contribution < -0.4 is 0 Å². The molecule has 0 amide bonds. The first kappa shape index (κ1) is 10.5. The monoisotopic (exact) mass is 227 g/mol. The fourth-order valence-electron chi connectivity index (χ4n) is 1.69. The molecule has 1 aliphatic rings. The molecule has 15 heavy (non-hydrogen) atoms. The van der Waals surface area contributed by atoms with E-state index in [1.807, 2.05) is 11.8 Å². The highest BCUT2D eigenvalue weighted by Crippen LogP contribution is 2.37. The molecule has 1 saturated heterocycles. The third kappa shape index (κ3) is 2.02. The van der Waals surface area contributed by atoms with Crippen LogP contribution in [0.5, 0.6) is 0 Å². The number of hydrogen-bond donors (Lipinski definition) is 1. The van der Waals surface area contributed by atoms with Crippen LogP contribution in [0.2, 0.25) is 0 Å². The lowest BCUT2D eigenvalue weighted by atomic mass is 9.84. The molecule has 1 aromatic rings. The molecule has 1 fully saturated rings. The van der Waals surface area contributed by atoms with Gasteiger partial charge >= 0.3 is 5.97 Å². The predicted molar refractivity (Wildman–Crippen MR) is 57.4 cm³/mol. The average Bonchev–Trinajstić information content (AvgIpc) is 2.68. The topological polar surface area (TPSA) is 63.3 Å². The Hall–Kier alpha value is -0.970. The smallest absolute Gasteiger partial charge is 0.373 e. The fourth-order valence-corrected chi connectivity index (χ4v) is 3.08. The summed E-state index contributed by atoms with van der Waals surface area (Å²) < 4.78 is 5.27. The van der Waals surface area contributed by atoms with Crippen LogP contribution in [0, 0.1) is 0 Å². The molecule has 0 spiro atoms. The molecule has 4 nitrogen and oxygen atoms in total. The molecule has 0 aliphatic carbocycles. The van der Waals surface area contributed by atoms with Gasteiger partial charge in [-0.25, -0.2) is 9.78 Å². The summed E-state index contributed by atoms with van der Waals surface area (Å²) in [6.07, 6.45) is 3.29. The highest BCUT2D eigenvalue weighted by Gasteiger charge is 2.34. The van der Waals surface area contributed by atoms with E-state index in [0.717, 1.165) is 24.3 Å². The van der Waals surface area contributed by atoms with Crippen LogP contribution in [0.1, 0.15) is 36.2 Å². The summed E-state index contributed by atoms with van der Waals surface area (Å²) in [6, 6.07) is 0. The predicted octanol–water partition coefficient (Wildman–Crippen LogP) is 2.16. The number of carbonyl (C=O) groups is 1. The van der Waals surface area contributed by atoms with Crippen molar-refractivity contribution in [2.24, 2.45) is 0 Å². The largest absolute Gasteiger partial charge is 0.475 e. The lowest BCUT2D eigenvalue weighted by Crippen LogP contribution is -2.27. The van der Waals surface area contributed by atoms with Crippen LogP contribution in [-0.4, -0.2) is 27.6 Å². The molecule has 0 radical (unpaired) electrons. The van der Waals surface area contributed by atoms with Gasteiger partial charge in [-0.15, -0.1) is 0 Å². The van der Waals surface area contributed by atoms with E-state index in [1.165, 1.54) is 6.20 Å². The first-order chi connectivity index (χ1) is 7.12. The Morgan fingerprint density at radius 2 is 2.27 bits per heavy atom. The molecule has 0 aromatic carbocycles. The molecule has 1 N–H and O–H groups in total. The van der Waals surface area contributed by atoms with Gasteiger partial charge in [-0.3, -0.25) is 0 Å². The van der Waals surface area contributed by atoms with Crippen LogP contribution in [0.15, 0.2) is 10.6 Å². The number of aromatic nitrogens is 1. The molecule has 0 saturated carbocycles. The minimum absolute atomic E-state index is 0.0653. The van der Waals surface area contributed by atoms with Gasteiger partial charge in [0, 0.05) is 5.41 Å². The number of carboxylic acids is 1. The van der Waals surface area contributed by atoms with Crippen molar-refractivity contribution in [2.75, 3.05) is 11.5 Å². The summed E-state index contributed by atoms with van der Waals surface area (Å²) in [5, 5.41) is 8.74. The summed E-state index contributed by atoms with van der Waals surface area (Å²) in [7, 11) is 0. The number of rotatable bonds is 2. The maximum Gasteiger partial charge on any atom is 0.373 e. The van der Waals surface area contributed by atoms with Crippen molar-refractivity contribution in [3.8, 4) is 0 Å². The van der Waals surface area contributed by atoms with Crippen LogP contribution in [0.25, 0.3) is 0 Å². The minimum atomic E-state index is -1.05. The van der Waals surface area contributed by atoms with Crippen LogP contribution in [0.4, 0.5) is 0 Å². The lowest BCUT2D eigenvalue weighted by Gasteiger charge is -2.29. The van der Waals surface area contributed by atoms with Gasteiger partial charge in [0.2, 0.25) is 11.7 Å². The van der Waals surface area contributed by atoms with Gasteiger partial charge in [-0.05, 0) is 24.3 Å². The third-order valence-corrected chi connectivity index (χ3v) is 3.81. The van der Waals surface area contributed by atoms with E-state index >= 15 is 0 Å². The van der Waals surface area contributed by atoms with E-state index in [1.54, 1.807) is 0 Å². The quantitative estimate of drug-likeness (QED) is 0.838. The van der Waals surface area contributed by atoms with E-state index in [-0.39, 0.29) is 11.2 Å². The van der Waals surface area contributed by atoms with Gasteiger partial charge in [0.05, 0.1) is 6.20 Å². The standard InChI is InChI=1S/C10H13NO3S/c1-10(2-4-15-5-3-10)9-11-6-7(14-9)8(12)13/h6H,2-5H2,1H3,(H,12,13). The van der Waals surface area contributed by atoms with E-state index in [4.69, 9.17) is 9.52 Å². The number of hydrogen-bond acceptors (Lipinski definition) is 4. The van der Waals surface area contributed by atoms with Crippen molar-refractivity contribution in [1.82, 2.24) is 4.98 Å². The summed E-state index contributed by atoms with van der Waals surface area (Å²) in [5.41, 5.74) is -0.0844. The Kier molecular flexibility index (Phi) is 2.73. The van der Waals surface area contributed by atoms with Crippen molar-refractivity contribution in [2.45, 2.75) is 25.2 Å². The Labute approximate surface area is 92.1 Å². The second-order valence-corrected chi connectivity index (χ2v) is 5.23. The van der Waals surface area contributed by atoms with Gasteiger partial charge in [0.1, 0.15) is 0 Å². The summed E-state index contributed by atoms with van der Waals surface area (Å²) in [5.74, 6) is 1.62. The van der Waals surface area contributed by atoms with Crippen molar-refractivity contribution < 1.29 is 14.3 Å². The Bertz CT molecular complexity index is 368. The zero-order valence-electron chi connectivity index (χ0n) is 8.52. The number of thioether (sulfide) groups is 1.